The van der Waals surface area contributed by atoms with Crippen molar-refractivity contribution in [2.24, 2.45) is 0 Å². The molecule has 0 saturated carbocycles. The molecule has 4 nitrogen and oxygen atoms in total. The van der Waals surface area contributed by atoms with Crippen molar-refractivity contribution in [2.75, 3.05) is 5.73 Å². The van der Waals surface area contributed by atoms with Crippen LogP contribution >= 0.6 is 11.3 Å². The van der Waals surface area contributed by atoms with Crippen molar-refractivity contribution in [3.63, 3.8) is 0 Å². The van der Waals surface area contributed by atoms with Crippen molar-refractivity contribution in [1.29, 1.82) is 0 Å². The molecule has 5 heteroatoms. The van der Waals surface area contributed by atoms with Crippen molar-refractivity contribution in [2.45, 2.75) is 25.7 Å². The van der Waals surface area contributed by atoms with Gasteiger partial charge in [-0.25, -0.2) is 4.79 Å². The standard InChI is InChI=1S/C10H11N3OS/c11-8-7-5-3-1-2-4-6(5)15-9(7)13-10(14)12-8/h1-4H2,(H3,11,12,13,14). The number of aryl methyl sites for hydroxylation is 2. The molecular formula is C10H11N3OS. The lowest BCUT2D eigenvalue weighted by Gasteiger charge is -2.10. The molecule has 0 saturated heterocycles. The number of nitrogen functional groups attached to an aromatic ring is 1. The normalized spacial score (nSPS) is 15.5. The third-order valence-electron chi connectivity index (χ3n) is 2.87. The van der Waals surface area contributed by atoms with Crippen LogP contribution in [0, 0.1) is 0 Å². The topological polar surface area (TPSA) is 71.8 Å². The highest BCUT2D eigenvalue weighted by atomic mass is 32.1. The molecule has 0 aliphatic heterocycles. The van der Waals surface area contributed by atoms with Crippen molar-refractivity contribution in [1.82, 2.24) is 9.97 Å². The van der Waals surface area contributed by atoms with Crippen LogP contribution in [-0.4, -0.2) is 9.97 Å². The number of rotatable bonds is 0. The SMILES string of the molecule is Nc1nc(=O)[nH]c2sc3c(c12)CCCC3. The number of thiophene rings is 1. The number of fused-ring (bicyclic) bond motifs is 3. The zero-order valence-corrected chi connectivity index (χ0v) is 8.99. The Labute approximate surface area is 90.1 Å². The van der Waals surface area contributed by atoms with Gasteiger partial charge in [-0.3, -0.25) is 4.98 Å². The summed E-state index contributed by atoms with van der Waals surface area (Å²) in [6, 6.07) is 0. The molecule has 78 valence electrons. The minimum absolute atomic E-state index is 0.349. The molecule has 2 heterocycles. The quantitative estimate of drug-likeness (QED) is 0.707. The molecule has 1 aliphatic rings. The van der Waals surface area contributed by atoms with Gasteiger partial charge in [0.1, 0.15) is 10.6 Å². The lowest BCUT2D eigenvalue weighted by molar-refractivity contribution is 0.700. The van der Waals surface area contributed by atoms with Crippen LogP contribution in [-0.2, 0) is 12.8 Å². The Morgan fingerprint density at radius 1 is 1.33 bits per heavy atom. The maximum Gasteiger partial charge on any atom is 0.347 e. The van der Waals surface area contributed by atoms with E-state index in [4.69, 9.17) is 5.73 Å². The molecule has 1 aliphatic carbocycles. The van der Waals surface area contributed by atoms with E-state index in [0.29, 0.717) is 5.82 Å². The molecule has 0 fully saturated rings. The second kappa shape index (κ2) is 3.06. The number of nitrogens with two attached hydrogens (primary N) is 1. The van der Waals surface area contributed by atoms with E-state index in [1.807, 2.05) is 0 Å². The summed E-state index contributed by atoms with van der Waals surface area (Å²) in [5.74, 6) is 0.383. The Morgan fingerprint density at radius 3 is 3.00 bits per heavy atom. The molecule has 0 unspecified atom stereocenters. The van der Waals surface area contributed by atoms with Crippen LogP contribution in [0.15, 0.2) is 4.79 Å². The summed E-state index contributed by atoms with van der Waals surface area (Å²) < 4.78 is 0. The van der Waals surface area contributed by atoms with Gasteiger partial charge in [-0.2, -0.15) is 4.98 Å². The van der Waals surface area contributed by atoms with Crippen LogP contribution in [0.4, 0.5) is 5.82 Å². The van der Waals surface area contributed by atoms with Gasteiger partial charge in [-0.05, 0) is 31.2 Å². The van der Waals surface area contributed by atoms with E-state index >= 15 is 0 Å². The van der Waals surface area contributed by atoms with Gasteiger partial charge in [0.15, 0.2) is 0 Å². The zero-order valence-electron chi connectivity index (χ0n) is 8.17. The average Bonchev–Trinajstić information content (AvgIpc) is 2.54. The predicted octanol–water partition coefficient (Wildman–Crippen LogP) is 1.45. The van der Waals surface area contributed by atoms with Crippen LogP contribution in [0.1, 0.15) is 23.3 Å². The number of aromatic nitrogens is 2. The van der Waals surface area contributed by atoms with Gasteiger partial charge in [-0.15, -0.1) is 11.3 Å². The summed E-state index contributed by atoms with van der Waals surface area (Å²) >= 11 is 1.65. The number of nitrogens with zero attached hydrogens (tertiary/aromatic N) is 1. The van der Waals surface area contributed by atoms with Crippen molar-refractivity contribution in [3.05, 3.63) is 20.9 Å². The fourth-order valence-corrected chi connectivity index (χ4v) is 3.50. The Morgan fingerprint density at radius 2 is 2.13 bits per heavy atom. The Kier molecular flexibility index (Phi) is 1.82. The third kappa shape index (κ3) is 1.26. The maximum absolute atomic E-state index is 11.2. The van der Waals surface area contributed by atoms with E-state index in [1.165, 1.54) is 23.3 Å². The predicted molar refractivity (Wildman–Crippen MR) is 61.3 cm³/mol. The van der Waals surface area contributed by atoms with Crippen molar-refractivity contribution >= 4 is 27.4 Å². The van der Waals surface area contributed by atoms with E-state index < -0.39 is 0 Å². The van der Waals surface area contributed by atoms with E-state index in [2.05, 4.69) is 9.97 Å². The average molecular weight is 221 g/mol. The molecule has 0 radical (unpaired) electrons. The molecular weight excluding hydrogens is 210 g/mol. The molecule has 0 amide bonds. The molecule has 3 rings (SSSR count). The molecule has 0 atom stereocenters. The maximum atomic E-state index is 11.2. The third-order valence-corrected chi connectivity index (χ3v) is 4.08. The van der Waals surface area contributed by atoms with Gasteiger partial charge in [-0.1, -0.05) is 0 Å². The molecule has 0 bridgehead atoms. The first-order valence-corrected chi connectivity index (χ1v) is 5.87. The number of hydrogen-bond donors (Lipinski definition) is 2. The lowest BCUT2D eigenvalue weighted by atomic mass is 9.97. The Balaban J connectivity index is 2.42. The highest BCUT2D eigenvalue weighted by Crippen LogP contribution is 2.36. The van der Waals surface area contributed by atoms with Crippen LogP contribution in [0.25, 0.3) is 10.2 Å². The van der Waals surface area contributed by atoms with Gasteiger partial charge in [0.25, 0.3) is 0 Å². The van der Waals surface area contributed by atoms with Crippen LogP contribution in [0.2, 0.25) is 0 Å². The molecule has 3 N–H and O–H groups in total. The van der Waals surface area contributed by atoms with Gasteiger partial charge < -0.3 is 5.73 Å². The lowest BCUT2D eigenvalue weighted by Crippen LogP contribution is -2.12. The summed E-state index contributed by atoms with van der Waals surface area (Å²) in [6.45, 7) is 0. The molecule has 0 aromatic carbocycles. The second-order valence-corrected chi connectivity index (χ2v) is 4.95. The molecule has 2 aromatic heterocycles. The van der Waals surface area contributed by atoms with E-state index in [-0.39, 0.29) is 5.69 Å². The van der Waals surface area contributed by atoms with Gasteiger partial charge in [0, 0.05) is 4.88 Å². The summed E-state index contributed by atoms with van der Waals surface area (Å²) in [5, 5.41) is 0.981. The van der Waals surface area contributed by atoms with Gasteiger partial charge in [0.2, 0.25) is 0 Å². The first-order valence-electron chi connectivity index (χ1n) is 5.06. The molecule has 2 aromatic rings. The molecule has 15 heavy (non-hydrogen) atoms. The van der Waals surface area contributed by atoms with E-state index in [0.717, 1.165) is 23.1 Å². The zero-order chi connectivity index (χ0) is 10.4. The van der Waals surface area contributed by atoms with Crippen molar-refractivity contribution < 1.29 is 0 Å². The minimum atomic E-state index is -0.349. The summed E-state index contributed by atoms with van der Waals surface area (Å²) in [5.41, 5.74) is 6.76. The first-order chi connectivity index (χ1) is 7.25. The minimum Gasteiger partial charge on any atom is -0.383 e. The smallest absolute Gasteiger partial charge is 0.347 e. The van der Waals surface area contributed by atoms with Gasteiger partial charge in [0.05, 0.1) is 5.39 Å². The monoisotopic (exact) mass is 221 g/mol. The highest BCUT2D eigenvalue weighted by Gasteiger charge is 2.18. The first kappa shape index (κ1) is 8.91. The van der Waals surface area contributed by atoms with Crippen molar-refractivity contribution in [3.8, 4) is 0 Å². The molecule has 0 spiro atoms. The van der Waals surface area contributed by atoms with Crippen LogP contribution < -0.4 is 11.4 Å². The highest BCUT2D eigenvalue weighted by molar-refractivity contribution is 7.18. The number of aromatic amines is 1. The fraction of sp³-hybridized carbons (Fsp3) is 0.400. The number of hydrogen-bond acceptors (Lipinski definition) is 4. The Hall–Kier alpha value is -1.36. The largest absolute Gasteiger partial charge is 0.383 e. The summed E-state index contributed by atoms with van der Waals surface area (Å²) in [7, 11) is 0. The summed E-state index contributed by atoms with van der Waals surface area (Å²) in [6.07, 6.45) is 4.61. The summed E-state index contributed by atoms with van der Waals surface area (Å²) in [4.78, 5) is 19.9. The van der Waals surface area contributed by atoms with Crippen LogP contribution in [0.3, 0.4) is 0 Å². The van der Waals surface area contributed by atoms with E-state index in [1.54, 1.807) is 11.3 Å². The fourth-order valence-electron chi connectivity index (χ4n) is 2.22. The number of H-pyrrole nitrogens is 1. The van der Waals surface area contributed by atoms with E-state index in [9.17, 15) is 4.79 Å². The Bertz CT molecular complexity index is 584. The number of nitrogens with one attached hydrogen (secondary N) is 1. The van der Waals surface area contributed by atoms with Crippen LogP contribution in [0.5, 0.6) is 0 Å². The van der Waals surface area contributed by atoms with Gasteiger partial charge >= 0.3 is 5.69 Å². The second-order valence-electron chi connectivity index (χ2n) is 3.84. The number of anilines is 1.